The van der Waals surface area contributed by atoms with Gasteiger partial charge in [0.15, 0.2) is 0 Å². The third-order valence-electron chi connectivity index (χ3n) is 6.03. The quantitative estimate of drug-likeness (QED) is 0.777. The summed E-state index contributed by atoms with van der Waals surface area (Å²) in [4.78, 5) is 31.3. The lowest BCUT2D eigenvalue weighted by Gasteiger charge is -2.16. The highest BCUT2D eigenvalue weighted by Gasteiger charge is 2.33. The molecule has 0 bridgehead atoms. The first-order chi connectivity index (χ1) is 14.0. The van der Waals surface area contributed by atoms with E-state index in [-0.39, 0.29) is 17.6 Å². The van der Waals surface area contributed by atoms with Crippen LogP contribution in [0, 0.1) is 5.92 Å². The van der Waals surface area contributed by atoms with Crippen molar-refractivity contribution in [3.8, 4) is 5.75 Å². The lowest BCUT2D eigenvalue weighted by Crippen LogP contribution is -2.18. The normalized spacial score (nSPS) is 18.0. The molecule has 2 fully saturated rings. The molecule has 6 nitrogen and oxygen atoms in total. The van der Waals surface area contributed by atoms with Crippen molar-refractivity contribution in [2.45, 2.75) is 44.6 Å². The van der Waals surface area contributed by atoms with E-state index in [1.165, 1.54) is 18.4 Å². The van der Waals surface area contributed by atoms with Gasteiger partial charge >= 0.3 is 0 Å². The Labute approximate surface area is 170 Å². The predicted molar refractivity (Wildman–Crippen MR) is 110 cm³/mol. The summed E-state index contributed by atoms with van der Waals surface area (Å²) in [6.07, 6.45) is 4.75. The van der Waals surface area contributed by atoms with Crippen LogP contribution in [-0.4, -0.2) is 35.7 Å². The Balaban J connectivity index is 1.50. The lowest BCUT2D eigenvalue weighted by molar-refractivity contribution is -0.119. The lowest BCUT2D eigenvalue weighted by atomic mass is 10.1. The Kier molecular flexibility index (Phi) is 4.30. The molecular weight excluding hydrogens is 366 g/mol. The maximum atomic E-state index is 12.7. The minimum atomic E-state index is -0.0522. The monoisotopic (exact) mass is 391 g/mol. The maximum absolute atomic E-state index is 12.7. The van der Waals surface area contributed by atoms with E-state index in [4.69, 9.17) is 4.74 Å². The predicted octanol–water partition coefficient (Wildman–Crippen LogP) is 3.82. The van der Waals surface area contributed by atoms with Crippen molar-refractivity contribution >= 4 is 23.1 Å². The second-order valence-corrected chi connectivity index (χ2v) is 8.42. The number of ketones is 1. The van der Waals surface area contributed by atoms with Crippen molar-refractivity contribution in [1.29, 1.82) is 0 Å². The summed E-state index contributed by atoms with van der Waals surface area (Å²) in [6.45, 7) is 0.464. The highest BCUT2D eigenvalue weighted by Crippen LogP contribution is 2.43. The Morgan fingerprint density at radius 1 is 1.21 bits per heavy atom. The number of anilines is 2. The SMILES string of the molecule is COc1cc(C2CC2)ccc1Nc1cc(CC(=O)C2CC2)nc2c1C(=O)N(C)C2. The van der Waals surface area contributed by atoms with E-state index in [1.54, 1.807) is 19.1 Å². The number of benzene rings is 1. The third kappa shape index (κ3) is 3.48. The average molecular weight is 391 g/mol. The van der Waals surface area contributed by atoms with E-state index in [1.807, 2.05) is 12.1 Å². The second kappa shape index (κ2) is 6.87. The number of rotatable bonds is 7. The smallest absolute Gasteiger partial charge is 0.257 e. The number of carbonyl (C=O) groups excluding carboxylic acids is 2. The van der Waals surface area contributed by atoms with Gasteiger partial charge in [0.2, 0.25) is 0 Å². The van der Waals surface area contributed by atoms with Crippen molar-refractivity contribution in [3.05, 3.63) is 46.8 Å². The van der Waals surface area contributed by atoms with Gasteiger partial charge in [-0.25, -0.2) is 0 Å². The Morgan fingerprint density at radius 3 is 2.69 bits per heavy atom. The molecule has 2 aromatic rings. The van der Waals surface area contributed by atoms with Gasteiger partial charge in [0.05, 0.1) is 42.0 Å². The molecule has 2 heterocycles. The van der Waals surface area contributed by atoms with Crippen molar-refractivity contribution in [1.82, 2.24) is 9.88 Å². The number of carbonyl (C=O) groups is 2. The summed E-state index contributed by atoms with van der Waals surface area (Å²) in [5.41, 5.74) is 4.84. The number of nitrogens with one attached hydrogen (secondary N) is 1. The van der Waals surface area contributed by atoms with Crippen LogP contribution in [0.1, 0.15) is 58.9 Å². The number of methoxy groups -OCH3 is 1. The number of pyridine rings is 1. The minimum Gasteiger partial charge on any atom is -0.495 e. The van der Waals surface area contributed by atoms with Crippen LogP contribution >= 0.6 is 0 Å². The van der Waals surface area contributed by atoms with Gasteiger partial charge in [0.1, 0.15) is 11.5 Å². The first kappa shape index (κ1) is 18.2. The van der Waals surface area contributed by atoms with Crippen molar-refractivity contribution < 1.29 is 14.3 Å². The summed E-state index contributed by atoms with van der Waals surface area (Å²) < 4.78 is 5.61. The first-order valence-electron chi connectivity index (χ1n) is 10.3. The Hall–Kier alpha value is -2.89. The van der Waals surface area contributed by atoms with Gasteiger partial charge in [-0.1, -0.05) is 6.07 Å². The fourth-order valence-corrected chi connectivity index (χ4v) is 4.04. The fraction of sp³-hybridized carbons (Fsp3) is 0.435. The number of aromatic nitrogens is 1. The summed E-state index contributed by atoms with van der Waals surface area (Å²) in [5, 5.41) is 3.40. The maximum Gasteiger partial charge on any atom is 0.257 e. The highest BCUT2D eigenvalue weighted by molar-refractivity contribution is 6.03. The number of hydrogen-bond donors (Lipinski definition) is 1. The zero-order valence-corrected chi connectivity index (χ0v) is 16.8. The van der Waals surface area contributed by atoms with E-state index in [0.29, 0.717) is 30.1 Å². The summed E-state index contributed by atoms with van der Waals surface area (Å²) in [6, 6.07) is 8.06. The van der Waals surface area contributed by atoms with Crippen molar-refractivity contribution in [2.75, 3.05) is 19.5 Å². The molecule has 0 radical (unpaired) electrons. The zero-order chi connectivity index (χ0) is 20.1. The molecular formula is C23H25N3O3. The molecule has 150 valence electrons. The molecule has 29 heavy (non-hydrogen) atoms. The number of hydrogen-bond acceptors (Lipinski definition) is 5. The molecule has 5 rings (SSSR count). The number of amides is 1. The molecule has 1 aliphatic heterocycles. The van der Waals surface area contributed by atoms with Crippen LogP contribution in [0.5, 0.6) is 5.75 Å². The molecule has 0 atom stereocenters. The van der Waals surface area contributed by atoms with E-state index in [2.05, 4.69) is 22.4 Å². The standard InChI is InChI=1S/C23H25N3O3/c1-26-12-19-22(23(26)28)18(10-16(24-19)11-20(27)14-5-6-14)25-17-8-7-15(13-3-4-13)9-21(17)29-2/h7-10,13-14H,3-6,11-12H2,1-2H3,(H,24,25). The van der Waals surface area contributed by atoms with Gasteiger partial charge in [0, 0.05) is 19.4 Å². The van der Waals surface area contributed by atoms with Gasteiger partial charge < -0.3 is 15.0 Å². The van der Waals surface area contributed by atoms with Gasteiger partial charge in [-0.15, -0.1) is 0 Å². The minimum absolute atomic E-state index is 0.0522. The third-order valence-corrected chi connectivity index (χ3v) is 6.03. The topological polar surface area (TPSA) is 71.5 Å². The van der Waals surface area contributed by atoms with Crippen LogP contribution in [0.2, 0.25) is 0 Å². The van der Waals surface area contributed by atoms with Crippen LogP contribution in [0.25, 0.3) is 0 Å². The molecule has 2 saturated carbocycles. The second-order valence-electron chi connectivity index (χ2n) is 8.42. The molecule has 3 aliphatic rings. The fourth-order valence-electron chi connectivity index (χ4n) is 4.04. The number of Topliss-reactive ketones (excluding diaryl/α,β-unsaturated/α-hetero) is 1. The van der Waals surface area contributed by atoms with Gasteiger partial charge in [-0.2, -0.15) is 0 Å². The Morgan fingerprint density at radius 2 is 2.00 bits per heavy atom. The number of ether oxygens (including phenoxy) is 1. The molecule has 1 aromatic heterocycles. The van der Waals surface area contributed by atoms with Gasteiger partial charge in [-0.05, 0) is 55.4 Å². The Bertz CT molecular complexity index is 1010. The van der Waals surface area contributed by atoms with Crippen LogP contribution in [0.4, 0.5) is 11.4 Å². The van der Waals surface area contributed by atoms with Gasteiger partial charge in [0.25, 0.3) is 5.91 Å². The van der Waals surface area contributed by atoms with E-state index < -0.39 is 0 Å². The molecule has 1 amide bonds. The number of fused-ring (bicyclic) bond motifs is 1. The van der Waals surface area contributed by atoms with Crippen LogP contribution in [-0.2, 0) is 17.8 Å². The van der Waals surface area contributed by atoms with E-state index in [9.17, 15) is 9.59 Å². The largest absolute Gasteiger partial charge is 0.495 e. The molecule has 0 saturated heterocycles. The highest BCUT2D eigenvalue weighted by atomic mass is 16.5. The molecule has 2 aliphatic carbocycles. The van der Waals surface area contributed by atoms with Crippen molar-refractivity contribution in [3.63, 3.8) is 0 Å². The van der Waals surface area contributed by atoms with Crippen molar-refractivity contribution in [2.24, 2.45) is 5.92 Å². The average Bonchev–Trinajstić information content (AvgIpc) is 3.61. The summed E-state index contributed by atoms with van der Waals surface area (Å²) in [7, 11) is 3.43. The zero-order valence-electron chi connectivity index (χ0n) is 16.8. The van der Waals surface area contributed by atoms with Crippen LogP contribution in [0.3, 0.4) is 0 Å². The molecule has 1 aromatic carbocycles. The molecule has 0 spiro atoms. The van der Waals surface area contributed by atoms with E-state index >= 15 is 0 Å². The summed E-state index contributed by atoms with van der Waals surface area (Å²) in [5.74, 6) is 1.78. The first-order valence-corrected chi connectivity index (χ1v) is 10.3. The van der Waals surface area contributed by atoms with Gasteiger partial charge in [-0.3, -0.25) is 14.6 Å². The molecule has 1 N–H and O–H groups in total. The van der Waals surface area contributed by atoms with E-state index in [0.717, 1.165) is 35.7 Å². The summed E-state index contributed by atoms with van der Waals surface area (Å²) >= 11 is 0. The molecule has 0 unspecified atom stereocenters. The number of nitrogens with zero attached hydrogens (tertiary/aromatic N) is 2. The molecule has 6 heteroatoms. The van der Waals surface area contributed by atoms with Crippen LogP contribution < -0.4 is 10.1 Å². The van der Waals surface area contributed by atoms with Crippen LogP contribution in [0.15, 0.2) is 24.3 Å².